The summed E-state index contributed by atoms with van der Waals surface area (Å²) in [5.74, 6) is 2.29. The first-order valence-corrected chi connectivity index (χ1v) is 5.69. The molecule has 1 heterocycles. The predicted molar refractivity (Wildman–Crippen MR) is 62.4 cm³/mol. The standard InChI is InChI=1S/C13H19NO/c1-10(2)12-3-5-13(6-4-12)15-9-11-7-14-8-11/h3-6,10-11,14H,7-9H2,1-2H3. The second kappa shape index (κ2) is 4.67. The Morgan fingerprint density at radius 2 is 1.93 bits per heavy atom. The van der Waals surface area contributed by atoms with Crippen molar-refractivity contribution in [3.63, 3.8) is 0 Å². The summed E-state index contributed by atoms with van der Waals surface area (Å²) >= 11 is 0. The van der Waals surface area contributed by atoms with Crippen molar-refractivity contribution in [2.75, 3.05) is 19.7 Å². The van der Waals surface area contributed by atoms with E-state index in [0.717, 1.165) is 25.4 Å². The van der Waals surface area contributed by atoms with E-state index in [2.05, 4.69) is 43.4 Å². The van der Waals surface area contributed by atoms with E-state index < -0.39 is 0 Å². The van der Waals surface area contributed by atoms with Crippen LogP contribution in [0, 0.1) is 5.92 Å². The number of nitrogens with one attached hydrogen (secondary N) is 1. The molecule has 2 rings (SSSR count). The molecule has 0 aliphatic carbocycles. The molecule has 1 aromatic rings. The molecule has 1 fully saturated rings. The summed E-state index contributed by atoms with van der Waals surface area (Å²) in [6.45, 7) is 7.45. The topological polar surface area (TPSA) is 21.3 Å². The third kappa shape index (κ3) is 2.72. The van der Waals surface area contributed by atoms with E-state index in [1.807, 2.05) is 0 Å². The molecule has 15 heavy (non-hydrogen) atoms. The second-order valence-corrected chi connectivity index (χ2v) is 4.56. The van der Waals surface area contributed by atoms with Gasteiger partial charge in [0.2, 0.25) is 0 Å². The highest BCUT2D eigenvalue weighted by molar-refractivity contribution is 5.28. The molecule has 2 nitrogen and oxygen atoms in total. The van der Waals surface area contributed by atoms with E-state index in [-0.39, 0.29) is 0 Å². The summed E-state index contributed by atoms with van der Waals surface area (Å²) in [5, 5.41) is 3.24. The molecule has 0 atom stereocenters. The molecule has 82 valence electrons. The maximum absolute atomic E-state index is 5.70. The third-order valence-electron chi connectivity index (χ3n) is 2.90. The zero-order valence-electron chi connectivity index (χ0n) is 9.49. The Balaban J connectivity index is 1.86. The Hall–Kier alpha value is -1.02. The fourth-order valence-electron chi connectivity index (χ4n) is 1.63. The second-order valence-electron chi connectivity index (χ2n) is 4.56. The fourth-order valence-corrected chi connectivity index (χ4v) is 1.63. The summed E-state index contributed by atoms with van der Waals surface area (Å²) in [5.41, 5.74) is 1.37. The maximum atomic E-state index is 5.70. The lowest BCUT2D eigenvalue weighted by molar-refractivity contribution is 0.199. The molecule has 1 aliphatic heterocycles. The number of ether oxygens (including phenoxy) is 1. The van der Waals surface area contributed by atoms with Crippen LogP contribution in [0.15, 0.2) is 24.3 Å². The first kappa shape index (κ1) is 10.5. The normalized spacial score (nSPS) is 16.5. The molecule has 0 unspecified atom stereocenters. The number of hydrogen-bond donors (Lipinski definition) is 1. The third-order valence-corrected chi connectivity index (χ3v) is 2.90. The molecule has 0 bridgehead atoms. The highest BCUT2D eigenvalue weighted by Crippen LogP contribution is 2.19. The van der Waals surface area contributed by atoms with Gasteiger partial charge >= 0.3 is 0 Å². The van der Waals surface area contributed by atoms with Gasteiger partial charge in [-0.2, -0.15) is 0 Å². The number of benzene rings is 1. The van der Waals surface area contributed by atoms with Gasteiger partial charge in [0.15, 0.2) is 0 Å². The monoisotopic (exact) mass is 205 g/mol. The Morgan fingerprint density at radius 1 is 1.27 bits per heavy atom. The zero-order chi connectivity index (χ0) is 10.7. The van der Waals surface area contributed by atoms with Gasteiger partial charge in [-0.05, 0) is 23.6 Å². The highest BCUT2D eigenvalue weighted by atomic mass is 16.5. The van der Waals surface area contributed by atoms with Crippen molar-refractivity contribution in [2.45, 2.75) is 19.8 Å². The van der Waals surface area contributed by atoms with E-state index in [4.69, 9.17) is 4.74 Å². The Kier molecular flexibility index (Phi) is 3.27. The molecule has 1 N–H and O–H groups in total. The van der Waals surface area contributed by atoms with Crippen LogP contribution in [-0.4, -0.2) is 19.7 Å². The molecule has 0 spiro atoms. The van der Waals surface area contributed by atoms with Crippen LogP contribution in [0.2, 0.25) is 0 Å². The largest absolute Gasteiger partial charge is 0.493 e. The lowest BCUT2D eigenvalue weighted by Gasteiger charge is -2.26. The van der Waals surface area contributed by atoms with E-state index in [0.29, 0.717) is 11.8 Å². The van der Waals surface area contributed by atoms with Crippen molar-refractivity contribution >= 4 is 0 Å². The van der Waals surface area contributed by atoms with E-state index >= 15 is 0 Å². The predicted octanol–water partition coefficient (Wildman–Crippen LogP) is 2.41. The van der Waals surface area contributed by atoms with Crippen molar-refractivity contribution in [3.8, 4) is 5.75 Å². The van der Waals surface area contributed by atoms with Gasteiger partial charge in [0.05, 0.1) is 6.61 Å². The van der Waals surface area contributed by atoms with Gasteiger partial charge in [0, 0.05) is 19.0 Å². The SMILES string of the molecule is CC(C)c1ccc(OCC2CNC2)cc1. The molecule has 0 saturated carbocycles. The van der Waals surface area contributed by atoms with Gasteiger partial charge in [0.25, 0.3) is 0 Å². The van der Waals surface area contributed by atoms with Crippen molar-refractivity contribution in [1.82, 2.24) is 5.32 Å². The van der Waals surface area contributed by atoms with Gasteiger partial charge < -0.3 is 10.1 Å². The van der Waals surface area contributed by atoms with Crippen molar-refractivity contribution in [1.29, 1.82) is 0 Å². The molecule has 2 heteroatoms. The average molecular weight is 205 g/mol. The lowest BCUT2D eigenvalue weighted by atomic mass is 10.0. The van der Waals surface area contributed by atoms with Crippen molar-refractivity contribution < 1.29 is 4.74 Å². The smallest absolute Gasteiger partial charge is 0.119 e. The molecular weight excluding hydrogens is 186 g/mol. The summed E-state index contributed by atoms with van der Waals surface area (Å²) in [6.07, 6.45) is 0. The Morgan fingerprint density at radius 3 is 2.40 bits per heavy atom. The molecule has 0 amide bonds. The van der Waals surface area contributed by atoms with Crippen LogP contribution in [0.1, 0.15) is 25.3 Å². The van der Waals surface area contributed by atoms with Crippen LogP contribution in [0.3, 0.4) is 0 Å². The van der Waals surface area contributed by atoms with Gasteiger partial charge in [-0.1, -0.05) is 26.0 Å². The quantitative estimate of drug-likeness (QED) is 0.815. The molecule has 1 saturated heterocycles. The first-order chi connectivity index (χ1) is 7.25. The molecular formula is C13H19NO. The summed E-state index contributed by atoms with van der Waals surface area (Å²) in [6, 6.07) is 8.45. The Labute approximate surface area is 91.6 Å². The summed E-state index contributed by atoms with van der Waals surface area (Å²) in [4.78, 5) is 0. The van der Waals surface area contributed by atoms with Crippen molar-refractivity contribution in [3.05, 3.63) is 29.8 Å². The van der Waals surface area contributed by atoms with Gasteiger partial charge in [-0.25, -0.2) is 0 Å². The van der Waals surface area contributed by atoms with Crippen LogP contribution >= 0.6 is 0 Å². The highest BCUT2D eigenvalue weighted by Gasteiger charge is 2.16. The first-order valence-electron chi connectivity index (χ1n) is 5.69. The van der Waals surface area contributed by atoms with Crippen LogP contribution in [0.25, 0.3) is 0 Å². The van der Waals surface area contributed by atoms with E-state index in [9.17, 15) is 0 Å². The lowest BCUT2D eigenvalue weighted by Crippen LogP contribution is -2.45. The molecule has 1 aliphatic rings. The van der Waals surface area contributed by atoms with Gasteiger partial charge in [0.1, 0.15) is 5.75 Å². The minimum atomic E-state index is 0.592. The summed E-state index contributed by atoms with van der Waals surface area (Å²) in [7, 11) is 0. The Bertz CT molecular complexity index is 301. The average Bonchev–Trinajstić information content (AvgIpc) is 2.16. The maximum Gasteiger partial charge on any atom is 0.119 e. The minimum Gasteiger partial charge on any atom is -0.493 e. The van der Waals surface area contributed by atoms with E-state index in [1.54, 1.807) is 0 Å². The van der Waals surface area contributed by atoms with Crippen LogP contribution in [0.5, 0.6) is 5.75 Å². The van der Waals surface area contributed by atoms with Crippen LogP contribution in [-0.2, 0) is 0 Å². The minimum absolute atomic E-state index is 0.592. The van der Waals surface area contributed by atoms with Gasteiger partial charge in [-0.15, -0.1) is 0 Å². The van der Waals surface area contributed by atoms with Crippen LogP contribution in [0.4, 0.5) is 0 Å². The van der Waals surface area contributed by atoms with E-state index in [1.165, 1.54) is 5.56 Å². The molecule has 0 aromatic heterocycles. The number of rotatable bonds is 4. The number of hydrogen-bond acceptors (Lipinski definition) is 2. The molecule has 1 aromatic carbocycles. The van der Waals surface area contributed by atoms with Crippen molar-refractivity contribution in [2.24, 2.45) is 5.92 Å². The summed E-state index contributed by atoms with van der Waals surface area (Å²) < 4.78 is 5.70. The molecule has 0 radical (unpaired) electrons. The fraction of sp³-hybridized carbons (Fsp3) is 0.538. The van der Waals surface area contributed by atoms with Gasteiger partial charge in [-0.3, -0.25) is 0 Å². The zero-order valence-corrected chi connectivity index (χ0v) is 9.49. The van der Waals surface area contributed by atoms with Crippen LogP contribution < -0.4 is 10.1 Å².